The van der Waals surface area contributed by atoms with Gasteiger partial charge in [0.05, 0.1) is 25.0 Å². The van der Waals surface area contributed by atoms with Crippen LogP contribution in [0.5, 0.6) is 0 Å². The Morgan fingerprint density at radius 3 is 2.67 bits per heavy atom. The largest absolute Gasteiger partial charge is 0.490 e. The maximum Gasteiger partial charge on any atom is 0.490 e. The molecule has 0 aromatic carbocycles. The number of aromatic nitrogens is 2. The fraction of sp³-hybridized carbons (Fsp3) is 0.765. The highest BCUT2D eigenvalue weighted by Crippen LogP contribution is 2.32. The van der Waals surface area contributed by atoms with Crippen molar-refractivity contribution >= 4 is 5.97 Å². The highest BCUT2D eigenvalue weighted by atomic mass is 19.4. The smallest absolute Gasteiger partial charge is 0.475 e. The zero-order chi connectivity index (χ0) is 20.0. The quantitative estimate of drug-likeness (QED) is 0.827. The average Bonchev–Trinajstić information content (AvgIpc) is 3.19. The Morgan fingerprint density at radius 1 is 1.41 bits per heavy atom. The zero-order valence-corrected chi connectivity index (χ0v) is 15.5. The molecule has 0 bridgehead atoms. The minimum absolute atomic E-state index is 0.301. The lowest BCUT2D eigenvalue weighted by Gasteiger charge is -2.35. The number of nitrogens with zero attached hydrogens (tertiary/aromatic N) is 3. The van der Waals surface area contributed by atoms with E-state index in [9.17, 15) is 13.2 Å². The Balaban J connectivity index is 0.000000321. The van der Waals surface area contributed by atoms with Crippen molar-refractivity contribution in [2.45, 2.75) is 57.2 Å². The first kappa shape index (κ1) is 21.6. The fourth-order valence-electron chi connectivity index (χ4n) is 3.44. The van der Waals surface area contributed by atoms with E-state index in [0.717, 1.165) is 39.1 Å². The second-order valence-electron chi connectivity index (χ2n) is 6.69. The van der Waals surface area contributed by atoms with Gasteiger partial charge in [-0.1, -0.05) is 0 Å². The fourth-order valence-corrected chi connectivity index (χ4v) is 3.44. The van der Waals surface area contributed by atoms with E-state index in [1.807, 2.05) is 24.9 Å². The van der Waals surface area contributed by atoms with Crippen LogP contribution in [-0.2, 0) is 27.9 Å². The van der Waals surface area contributed by atoms with Crippen LogP contribution in [0.3, 0.4) is 0 Å². The van der Waals surface area contributed by atoms with E-state index in [1.54, 1.807) is 0 Å². The summed E-state index contributed by atoms with van der Waals surface area (Å²) >= 11 is 0. The number of halogens is 3. The van der Waals surface area contributed by atoms with E-state index in [4.69, 9.17) is 19.4 Å². The van der Waals surface area contributed by atoms with Crippen molar-refractivity contribution in [3.05, 3.63) is 18.0 Å². The Bertz CT molecular complexity index is 608. The summed E-state index contributed by atoms with van der Waals surface area (Å²) in [5.41, 5.74) is 1.30. The van der Waals surface area contributed by atoms with Crippen LogP contribution >= 0.6 is 0 Å². The van der Waals surface area contributed by atoms with Gasteiger partial charge < -0.3 is 14.6 Å². The first-order chi connectivity index (χ1) is 12.7. The topological polar surface area (TPSA) is 76.8 Å². The standard InChI is InChI=1S/C15H25N3O2.C2HF3O2/c1-3-19-11-13-4-5-14-15(20-13)6-7-18(14)10-12-8-16-17(2)9-12;3-2(4,5)1(6)7/h8-9,13-15H,3-7,10-11H2,1-2H3;(H,6,7)/t13-,14-,15-;/m0./s1. The van der Waals surface area contributed by atoms with Crippen molar-refractivity contribution in [1.82, 2.24) is 14.7 Å². The molecule has 1 N–H and O–H groups in total. The van der Waals surface area contributed by atoms with Gasteiger partial charge in [-0.25, -0.2) is 4.79 Å². The number of carboxylic acid groups (broad SMARTS) is 1. The van der Waals surface area contributed by atoms with Gasteiger partial charge in [0.25, 0.3) is 0 Å². The first-order valence-electron chi connectivity index (χ1n) is 8.95. The zero-order valence-electron chi connectivity index (χ0n) is 15.5. The molecule has 1 aromatic rings. The maximum absolute atomic E-state index is 10.6. The summed E-state index contributed by atoms with van der Waals surface area (Å²) < 4.78 is 45.3. The molecule has 0 amide bonds. The molecule has 7 nitrogen and oxygen atoms in total. The molecule has 3 rings (SSSR count). The molecule has 3 heterocycles. The van der Waals surface area contributed by atoms with E-state index in [0.29, 0.717) is 18.2 Å². The number of hydrogen-bond donors (Lipinski definition) is 1. The van der Waals surface area contributed by atoms with E-state index in [1.165, 1.54) is 12.0 Å². The van der Waals surface area contributed by atoms with Crippen molar-refractivity contribution in [2.75, 3.05) is 19.8 Å². The third-order valence-corrected chi connectivity index (χ3v) is 4.65. The molecule has 27 heavy (non-hydrogen) atoms. The minimum atomic E-state index is -5.08. The molecule has 154 valence electrons. The molecule has 1 aromatic heterocycles. The Kier molecular flexibility index (Phi) is 7.63. The molecule has 2 fully saturated rings. The van der Waals surface area contributed by atoms with Crippen molar-refractivity contribution in [1.29, 1.82) is 0 Å². The Labute approximate surface area is 156 Å². The lowest BCUT2D eigenvalue weighted by molar-refractivity contribution is -0.192. The number of carboxylic acids is 1. The predicted octanol–water partition coefficient (Wildman–Crippen LogP) is 2.21. The number of alkyl halides is 3. The molecule has 0 aliphatic carbocycles. The molecule has 0 unspecified atom stereocenters. The summed E-state index contributed by atoms with van der Waals surface area (Å²) in [6.07, 6.45) is 3.17. The number of aliphatic carboxylic acids is 1. The number of carbonyl (C=O) groups is 1. The molecular weight excluding hydrogens is 367 g/mol. The maximum atomic E-state index is 10.6. The van der Waals surface area contributed by atoms with Gasteiger partial charge in [-0.3, -0.25) is 9.58 Å². The van der Waals surface area contributed by atoms with Gasteiger partial charge >= 0.3 is 12.1 Å². The average molecular weight is 393 g/mol. The Morgan fingerprint density at radius 2 is 2.11 bits per heavy atom. The summed E-state index contributed by atoms with van der Waals surface area (Å²) in [5, 5.41) is 11.4. The van der Waals surface area contributed by atoms with Gasteiger partial charge in [-0.15, -0.1) is 0 Å². The van der Waals surface area contributed by atoms with Gasteiger partial charge in [0.15, 0.2) is 0 Å². The minimum Gasteiger partial charge on any atom is -0.475 e. The lowest BCUT2D eigenvalue weighted by atomic mass is 9.99. The number of fused-ring (bicyclic) bond motifs is 1. The second kappa shape index (κ2) is 9.52. The van der Waals surface area contributed by atoms with Gasteiger partial charge in [0.2, 0.25) is 0 Å². The molecular formula is C17H26F3N3O4. The third kappa shape index (κ3) is 6.47. The summed E-state index contributed by atoms with van der Waals surface area (Å²) in [6.45, 7) is 5.69. The molecule has 0 spiro atoms. The number of aryl methyl sites for hydroxylation is 1. The van der Waals surface area contributed by atoms with Gasteiger partial charge in [-0.05, 0) is 26.2 Å². The van der Waals surface area contributed by atoms with Gasteiger partial charge in [-0.2, -0.15) is 18.3 Å². The third-order valence-electron chi connectivity index (χ3n) is 4.65. The van der Waals surface area contributed by atoms with Crippen molar-refractivity contribution in [3.63, 3.8) is 0 Å². The molecule has 0 saturated carbocycles. The van der Waals surface area contributed by atoms with Crippen LogP contribution in [-0.4, -0.2) is 69.9 Å². The first-order valence-corrected chi connectivity index (χ1v) is 8.95. The van der Waals surface area contributed by atoms with E-state index in [2.05, 4.69) is 16.2 Å². The lowest BCUT2D eigenvalue weighted by Crippen LogP contribution is -2.43. The highest BCUT2D eigenvalue weighted by molar-refractivity contribution is 5.73. The summed E-state index contributed by atoms with van der Waals surface area (Å²) in [7, 11) is 1.97. The number of ether oxygens (including phenoxy) is 2. The van der Waals surface area contributed by atoms with Gasteiger partial charge in [0.1, 0.15) is 0 Å². The molecule has 10 heteroatoms. The second-order valence-corrected chi connectivity index (χ2v) is 6.69. The summed E-state index contributed by atoms with van der Waals surface area (Å²) in [5.74, 6) is -2.76. The van der Waals surface area contributed by atoms with E-state index >= 15 is 0 Å². The number of likely N-dealkylation sites (tertiary alicyclic amines) is 1. The van der Waals surface area contributed by atoms with E-state index < -0.39 is 12.1 Å². The number of hydrogen-bond acceptors (Lipinski definition) is 5. The van der Waals surface area contributed by atoms with Crippen molar-refractivity contribution in [2.24, 2.45) is 7.05 Å². The van der Waals surface area contributed by atoms with Crippen molar-refractivity contribution < 1.29 is 32.5 Å². The van der Waals surface area contributed by atoms with Crippen LogP contribution in [0.2, 0.25) is 0 Å². The van der Waals surface area contributed by atoms with Gasteiger partial charge in [0, 0.05) is 44.5 Å². The van der Waals surface area contributed by atoms with Crippen LogP contribution < -0.4 is 0 Å². The van der Waals surface area contributed by atoms with Crippen LogP contribution in [0.25, 0.3) is 0 Å². The normalized spacial score (nSPS) is 25.6. The Hall–Kier alpha value is -1.65. The van der Waals surface area contributed by atoms with Crippen LogP contribution in [0, 0.1) is 0 Å². The van der Waals surface area contributed by atoms with Crippen molar-refractivity contribution in [3.8, 4) is 0 Å². The highest BCUT2D eigenvalue weighted by Gasteiger charge is 2.40. The number of rotatable bonds is 5. The monoisotopic (exact) mass is 393 g/mol. The molecule has 2 aliphatic rings. The molecule has 3 atom stereocenters. The van der Waals surface area contributed by atoms with Crippen LogP contribution in [0.1, 0.15) is 31.7 Å². The summed E-state index contributed by atoms with van der Waals surface area (Å²) in [4.78, 5) is 11.4. The van der Waals surface area contributed by atoms with Crippen LogP contribution in [0.4, 0.5) is 13.2 Å². The van der Waals surface area contributed by atoms with Crippen LogP contribution in [0.15, 0.2) is 12.4 Å². The van der Waals surface area contributed by atoms with E-state index in [-0.39, 0.29) is 0 Å². The predicted molar refractivity (Wildman–Crippen MR) is 90.1 cm³/mol. The summed E-state index contributed by atoms with van der Waals surface area (Å²) in [6, 6.07) is 0.577. The molecule has 0 radical (unpaired) electrons. The molecule has 2 saturated heterocycles. The molecule has 2 aliphatic heterocycles. The SMILES string of the molecule is CCOC[C@@H]1CC[C@H]2[C@H](CCN2Cc2cnn(C)c2)O1.O=C(O)C(F)(F)F.